The quantitative estimate of drug-likeness (QED) is 0.392. The summed E-state index contributed by atoms with van der Waals surface area (Å²) in [6.07, 6.45) is 3.61. The molecule has 11 heteroatoms. The van der Waals surface area contributed by atoms with Gasteiger partial charge in [0.2, 0.25) is 17.1 Å². The molecule has 0 aliphatic carbocycles. The zero-order chi connectivity index (χ0) is 18.2. The van der Waals surface area contributed by atoms with Crippen molar-refractivity contribution in [2.75, 3.05) is 43.7 Å². The van der Waals surface area contributed by atoms with Gasteiger partial charge in [-0.25, -0.2) is 4.98 Å². The van der Waals surface area contributed by atoms with Gasteiger partial charge in [0.1, 0.15) is 6.33 Å². The van der Waals surface area contributed by atoms with Gasteiger partial charge in [0.05, 0.1) is 12.9 Å². The van der Waals surface area contributed by atoms with Crippen molar-refractivity contribution in [2.45, 2.75) is 24.9 Å². The lowest BCUT2D eigenvalue weighted by atomic mass is 10.3. The number of carbonyl (C=O) groups is 1. The summed E-state index contributed by atoms with van der Waals surface area (Å²) < 4.78 is 6.06. The Morgan fingerprint density at radius 3 is 2.84 bits per heavy atom. The van der Waals surface area contributed by atoms with Crippen molar-refractivity contribution >= 4 is 29.6 Å². The Labute approximate surface area is 150 Å². The van der Waals surface area contributed by atoms with Gasteiger partial charge in [0, 0.05) is 20.6 Å². The number of methoxy groups -OCH3 is 1. The van der Waals surface area contributed by atoms with Crippen molar-refractivity contribution in [1.82, 2.24) is 29.7 Å². The van der Waals surface area contributed by atoms with Crippen molar-refractivity contribution < 1.29 is 9.53 Å². The first kappa shape index (κ1) is 18.9. The van der Waals surface area contributed by atoms with Gasteiger partial charge >= 0.3 is 5.97 Å². The van der Waals surface area contributed by atoms with E-state index in [2.05, 4.69) is 42.0 Å². The summed E-state index contributed by atoms with van der Waals surface area (Å²) in [6.45, 7) is 2.90. The van der Waals surface area contributed by atoms with Gasteiger partial charge in [-0.2, -0.15) is 19.6 Å². The van der Waals surface area contributed by atoms with Crippen molar-refractivity contribution in [3.05, 3.63) is 6.33 Å². The zero-order valence-corrected chi connectivity index (χ0v) is 15.6. The van der Waals surface area contributed by atoms with Crippen molar-refractivity contribution in [3.63, 3.8) is 0 Å². The molecular weight excluding hydrogens is 344 g/mol. The van der Waals surface area contributed by atoms with Crippen LogP contribution in [0.15, 0.2) is 11.5 Å². The molecule has 0 bridgehead atoms. The van der Waals surface area contributed by atoms with Gasteiger partial charge in [-0.05, 0) is 6.42 Å². The Kier molecular flexibility index (Phi) is 6.92. The third-order valence-corrected chi connectivity index (χ3v) is 3.87. The van der Waals surface area contributed by atoms with Crippen LogP contribution in [0.4, 0.5) is 11.9 Å². The summed E-state index contributed by atoms with van der Waals surface area (Å²) in [5.41, 5.74) is 0. The van der Waals surface area contributed by atoms with Gasteiger partial charge in [0.15, 0.2) is 0 Å². The molecule has 0 radical (unpaired) electrons. The maximum absolute atomic E-state index is 11.2. The second-order valence-corrected chi connectivity index (χ2v) is 6.21. The topological polar surface area (TPSA) is 111 Å². The number of thioether (sulfide) groups is 1. The van der Waals surface area contributed by atoms with E-state index >= 15 is 0 Å². The number of unbranched alkanes of at least 4 members (excludes halogenated alkanes) is 1. The van der Waals surface area contributed by atoms with Gasteiger partial charge in [-0.15, -0.1) is 5.10 Å². The van der Waals surface area contributed by atoms with Crippen LogP contribution in [0.5, 0.6) is 0 Å². The monoisotopic (exact) mass is 366 g/mol. The summed E-state index contributed by atoms with van der Waals surface area (Å²) in [5, 5.41) is 7.92. The van der Waals surface area contributed by atoms with Gasteiger partial charge < -0.3 is 15.0 Å². The summed E-state index contributed by atoms with van der Waals surface area (Å²) >= 11 is 1.19. The number of nitrogens with one attached hydrogen (secondary N) is 1. The minimum Gasteiger partial charge on any atom is -0.468 e. The SMILES string of the molecule is CCCCNc1nc(N(C)C)nc(-n2cnc(SCC(=O)OC)n2)n1. The lowest BCUT2D eigenvalue weighted by Gasteiger charge is -2.13. The maximum Gasteiger partial charge on any atom is 0.316 e. The largest absolute Gasteiger partial charge is 0.468 e. The van der Waals surface area contributed by atoms with Crippen LogP contribution in [-0.2, 0) is 9.53 Å². The van der Waals surface area contributed by atoms with Crippen LogP contribution in [0.3, 0.4) is 0 Å². The molecule has 10 nitrogen and oxygen atoms in total. The molecule has 25 heavy (non-hydrogen) atoms. The lowest BCUT2D eigenvalue weighted by Crippen LogP contribution is -2.18. The van der Waals surface area contributed by atoms with E-state index in [1.54, 1.807) is 4.90 Å². The Hall–Kier alpha value is -2.43. The van der Waals surface area contributed by atoms with Crippen molar-refractivity contribution in [1.29, 1.82) is 0 Å². The highest BCUT2D eigenvalue weighted by atomic mass is 32.2. The van der Waals surface area contributed by atoms with Gasteiger partial charge in [-0.1, -0.05) is 25.1 Å². The van der Waals surface area contributed by atoms with E-state index in [4.69, 9.17) is 0 Å². The van der Waals surface area contributed by atoms with Crippen LogP contribution < -0.4 is 10.2 Å². The summed E-state index contributed by atoms with van der Waals surface area (Å²) in [6, 6.07) is 0. The first-order valence-electron chi connectivity index (χ1n) is 7.82. The van der Waals surface area contributed by atoms with Crippen LogP contribution in [0.2, 0.25) is 0 Å². The fraction of sp³-hybridized carbons (Fsp3) is 0.571. The van der Waals surface area contributed by atoms with E-state index in [9.17, 15) is 4.79 Å². The molecule has 0 saturated carbocycles. The van der Waals surface area contributed by atoms with Crippen molar-refractivity contribution in [3.8, 4) is 5.95 Å². The number of carbonyl (C=O) groups excluding carboxylic acids is 1. The molecule has 2 heterocycles. The Morgan fingerprint density at radius 2 is 2.16 bits per heavy atom. The summed E-state index contributed by atoms with van der Waals surface area (Å²) in [4.78, 5) is 30.3. The first-order chi connectivity index (χ1) is 12.0. The van der Waals surface area contributed by atoms with Crippen LogP contribution >= 0.6 is 11.8 Å². The predicted octanol–water partition coefficient (Wildman–Crippen LogP) is 0.995. The number of esters is 1. The average Bonchev–Trinajstić information content (AvgIpc) is 3.08. The molecule has 0 fully saturated rings. The van der Waals surface area contributed by atoms with E-state index in [1.165, 1.54) is 29.9 Å². The molecule has 0 amide bonds. The molecule has 0 saturated heterocycles. The molecule has 2 rings (SSSR count). The smallest absolute Gasteiger partial charge is 0.316 e. The highest BCUT2D eigenvalue weighted by molar-refractivity contribution is 7.99. The molecule has 1 N–H and O–H groups in total. The van der Waals surface area contributed by atoms with Crippen LogP contribution in [-0.4, -0.2) is 69.2 Å². The molecule has 0 spiro atoms. The molecule has 0 unspecified atom stereocenters. The molecule has 136 valence electrons. The van der Waals surface area contributed by atoms with Crippen LogP contribution in [0.1, 0.15) is 19.8 Å². The Morgan fingerprint density at radius 1 is 1.36 bits per heavy atom. The van der Waals surface area contributed by atoms with Gasteiger partial charge in [0.25, 0.3) is 5.95 Å². The molecule has 2 aromatic heterocycles. The normalized spacial score (nSPS) is 10.6. The van der Waals surface area contributed by atoms with Gasteiger partial charge in [-0.3, -0.25) is 4.79 Å². The van der Waals surface area contributed by atoms with Crippen molar-refractivity contribution in [2.24, 2.45) is 0 Å². The average molecular weight is 366 g/mol. The fourth-order valence-corrected chi connectivity index (χ4v) is 2.34. The van der Waals surface area contributed by atoms with E-state index in [1.807, 2.05) is 14.1 Å². The number of aromatic nitrogens is 6. The number of hydrogen-bond donors (Lipinski definition) is 1. The Bertz CT molecular complexity index is 706. The number of ether oxygens (including phenoxy) is 1. The Balaban J connectivity index is 2.19. The number of nitrogens with zero attached hydrogens (tertiary/aromatic N) is 7. The van der Waals surface area contributed by atoms with E-state index in [0.717, 1.165) is 19.4 Å². The number of rotatable bonds is 9. The second kappa shape index (κ2) is 9.16. The third kappa shape index (κ3) is 5.55. The minimum absolute atomic E-state index is 0.143. The molecule has 0 atom stereocenters. The maximum atomic E-state index is 11.2. The second-order valence-electron chi connectivity index (χ2n) is 5.27. The standard InChI is InChI=1S/C14H22N8O2S/c1-5-6-7-15-11-17-12(21(2)3)19-13(18-11)22-9-16-14(20-22)25-8-10(23)24-4/h9H,5-8H2,1-4H3,(H,15,17,18,19). The minimum atomic E-state index is -0.334. The summed E-state index contributed by atoms with van der Waals surface area (Å²) in [5.74, 6) is 1.17. The number of anilines is 2. The lowest BCUT2D eigenvalue weighted by molar-refractivity contribution is -0.137. The highest BCUT2D eigenvalue weighted by Crippen LogP contribution is 2.15. The summed E-state index contributed by atoms with van der Waals surface area (Å²) in [7, 11) is 5.05. The molecule has 0 aliphatic rings. The molecule has 0 aromatic carbocycles. The first-order valence-corrected chi connectivity index (χ1v) is 8.81. The van der Waals surface area contributed by atoms with E-state index in [-0.39, 0.29) is 11.7 Å². The van der Waals surface area contributed by atoms with Crippen LogP contribution in [0, 0.1) is 0 Å². The van der Waals surface area contributed by atoms with E-state index in [0.29, 0.717) is 23.0 Å². The fourth-order valence-electron chi connectivity index (χ4n) is 1.71. The zero-order valence-electron chi connectivity index (χ0n) is 14.8. The molecule has 2 aromatic rings. The van der Waals surface area contributed by atoms with E-state index < -0.39 is 0 Å². The van der Waals surface area contributed by atoms with Crippen LogP contribution in [0.25, 0.3) is 5.95 Å². The highest BCUT2D eigenvalue weighted by Gasteiger charge is 2.13. The predicted molar refractivity (Wildman–Crippen MR) is 95.2 cm³/mol. The third-order valence-electron chi connectivity index (χ3n) is 3.05. The number of hydrogen-bond acceptors (Lipinski definition) is 10. The molecular formula is C14H22N8O2S. The molecule has 0 aliphatic heterocycles.